The largest absolute Gasteiger partial charge is 0.495 e. The number of aromatic nitrogens is 2. The van der Waals surface area contributed by atoms with Crippen molar-refractivity contribution in [3.05, 3.63) is 28.9 Å². The predicted molar refractivity (Wildman–Crippen MR) is 65.0 cm³/mol. The monoisotopic (exact) mass is 291 g/mol. The van der Waals surface area contributed by atoms with Crippen LogP contribution >= 0.6 is 11.6 Å². The van der Waals surface area contributed by atoms with Crippen LogP contribution in [0.15, 0.2) is 18.3 Å². The van der Waals surface area contributed by atoms with E-state index in [0.29, 0.717) is 5.56 Å². The van der Waals surface area contributed by atoms with Crippen molar-refractivity contribution in [1.29, 1.82) is 0 Å². The minimum absolute atomic E-state index is 0.145. The molecule has 2 rings (SSSR count). The van der Waals surface area contributed by atoms with E-state index in [0.717, 1.165) is 13.2 Å². The van der Waals surface area contributed by atoms with E-state index in [1.165, 1.54) is 12.3 Å². The summed E-state index contributed by atoms with van der Waals surface area (Å²) in [6.07, 6.45) is -3.25. The van der Waals surface area contributed by atoms with Gasteiger partial charge in [-0.15, -0.1) is 0 Å². The van der Waals surface area contributed by atoms with E-state index in [2.05, 4.69) is 10.2 Å². The Balaban J connectivity index is 2.67. The number of rotatable bonds is 2. The van der Waals surface area contributed by atoms with Gasteiger partial charge in [-0.25, -0.2) is 0 Å². The fraction of sp³-hybridized carbons (Fsp3) is 0.182. The third-order valence-corrected chi connectivity index (χ3v) is 2.81. The molecule has 0 saturated carbocycles. The van der Waals surface area contributed by atoms with Crippen LogP contribution in [0.2, 0.25) is 5.02 Å². The third kappa shape index (κ3) is 2.46. The molecule has 0 atom stereocenters. The summed E-state index contributed by atoms with van der Waals surface area (Å²) in [5.41, 5.74) is 5.17. The van der Waals surface area contributed by atoms with Crippen molar-refractivity contribution in [3.63, 3.8) is 0 Å². The predicted octanol–water partition coefficient (Wildman–Crippen LogP) is 3.34. The maximum atomic E-state index is 12.9. The van der Waals surface area contributed by atoms with Crippen LogP contribution in [0, 0.1) is 0 Å². The van der Waals surface area contributed by atoms with Crippen LogP contribution in [0.1, 0.15) is 5.56 Å². The maximum absolute atomic E-state index is 12.9. The molecule has 102 valence electrons. The Morgan fingerprint density at radius 1 is 1.37 bits per heavy atom. The number of methoxy groups -OCH3 is 1. The number of nitrogens with two attached hydrogens (primary N) is 1. The number of anilines is 1. The molecule has 0 spiro atoms. The van der Waals surface area contributed by atoms with E-state index in [1.807, 2.05) is 0 Å². The molecule has 0 aliphatic carbocycles. The second-order valence-electron chi connectivity index (χ2n) is 3.73. The molecule has 0 radical (unpaired) electrons. The Morgan fingerprint density at radius 3 is 2.53 bits per heavy atom. The highest BCUT2D eigenvalue weighted by Gasteiger charge is 2.36. The van der Waals surface area contributed by atoms with Crippen molar-refractivity contribution in [2.45, 2.75) is 6.18 Å². The average molecular weight is 292 g/mol. The number of benzene rings is 1. The Kier molecular flexibility index (Phi) is 3.32. The molecule has 1 aromatic heterocycles. The molecule has 0 aliphatic heterocycles. The van der Waals surface area contributed by atoms with Crippen LogP contribution in [0.4, 0.5) is 19.0 Å². The van der Waals surface area contributed by atoms with E-state index in [4.69, 9.17) is 22.1 Å². The van der Waals surface area contributed by atoms with E-state index in [-0.39, 0.29) is 16.4 Å². The van der Waals surface area contributed by atoms with Crippen molar-refractivity contribution < 1.29 is 17.9 Å². The van der Waals surface area contributed by atoms with E-state index < -0.39 is 17.5 Å². The van der Waals surface area contributed by atoms with Gasteiger partial charge in [-0.3, -0.25) is 5.10 Å². The molecular formula is C11H9ClF3N3O. The normalized spacial score (nSPS) is 11.6. The number of nitrogens with zero attached hydrogens (tertiary/aromatic N) is 1. The molecule has 0 unspecified atom stereocenters. The van der Waals surface area contributed by atoms with Gasteiger partial charge in [-0.05, 0) is 17.7 Å². The van der Waals surface area contributed by atoms with Gasteiger partial charge in [0.2, 0.25) is 0 Å². The maximum Gasteiger partial charge on any atom is 0.420 e. The summed E-state index contributed by atoms with van der Waals surface area (Å²) in [5, 5.41) is 5.96. The van der Waals surface area contributed by atoms with Crippen molar-refractivity contribution in [3.8, 4) is 16.9 Å². The first kappa shape index (κ1) is 13.5. The van der Waals surface area contributed by atoms with Crippen LogP contribution in [0.25, 0.3) is 11.1 Å². The van der Waals surface area contributed by atoms with Gasteiger partial charge < -0.3 is 10.5 Å². The summed E-state index contributed by atoms with van der Waals surface area (Å²) in [5.74, 6) is -0.255. The quantitative estimate of drug-likeness (QED) is 0.892. The first-order chi connectivity index (χ1) is 8.84. The fourth-order valence-corrected chi connectivity index (χ4v) is 1.99. The summed E-state index contributed by atoms with van der Waals surface area (Å²) in [6.45, 7) is 0. The van der Waals surface area contributed by atoms with Gasteiger partial charge in [0.15, 0.2) is 0 Å². The molecule has 1 heterocycles. The summed E-state index contributed by atoms with van der Waals surface area (Å²) in [7, 11) is 1.13. The van der Waals surface area contributed by atoms with Crippen LogP contribution < -0.4 is 10.5 Å². The molecule has 3 N–H and O–H groups in total. The van der Waals surface area contributed by atoms with Gasteiger partial charge in [0.1, 0.15) is 11.6 Å². The number of halogens is 4. The zero-order chi connectivity index (χ0) is 14.2. The molecule has 8 heteroatoms. The summed E-state index contributed by atoms with van der Waals surface area (Å²) < 4.78 is 43.5. The van der Waals surface area contributed by atoms with Gasteiger partial charge in [0, 0.05) is 5.56 Å². The average Bonchev–Trinajstić information content (AvgIpc) is 2.73. The number of nitrogens with one attached hydrogen (secondary N) is 1. The summed E-state index contributed by atoms with van der Waals surface area (Å²) >= 11 is 5.81. The Hall–Kier alpha value is -1.89. The van der Waals surface area contributed by atoms with E-state index in [9.17, 15) is 13.2 Å². The van der Waals surface area contributed by atoms with Gasteiger partial charge in [-0.2, -0.15) is 18.3 Å². The second kappa shape index (κ2) is 4.65. The molecule has 0 saturated heterocycles. The Bertz CT molecular complexity index is 610. The lowest BCUT2D eigenvalue weighted by atomic mass is 10.0. The van der Waals surface area contributed by atoms with Crippen molar-refractivity contribution in [1.82, 2.24) is 10.2 Å². The third-order valence-electron chi connectivity index (χ3n) is 2.53. The molecular weight excluding hydrogens is 283 g/mol. The highest BCUT2D eigenvalue weighted by molar-refractivity contribution is 6.32. The first-order valence-electron chi connectivity index (χ1n) is 5.08. The molecule has 0 amide bonds. The van der Waals surface area contributed by atoms with E-state index >= 15 is 0 Å². The zero-order valence-corrected chi connectivity index (χ0v) is 10.4. The molecule has 1 aromatic carbocycles. The minimum Gasteiger partial charge on any atom is -0.495 e. The highest BCUT2D eigenvalue weighted by atomic mass is 35.5. The van der Waals surface area contributed by atoms with Crippen molar-refractivity contribution in [2.75, 3.05) is 12.8 Å². The molecule has 0 fully saturated rings. The summed E-state index contributed by atoms with van der Waals surface area (Å²) in [4.78, 5) is 0. The topological polar surface area (TPSA) is 63.9 Å². The lowest BCUT2D eigenvalue weighted by Crippen LogP contribution is -2.08. The standard InChI is InChI=1S/C11H9ClF3N3O/c1-19-9-7(11(13,14)15)2-5(3-8(9)12)6-4-17-18-10(6)16/h2-4H,1H3,(H3,16,17,18). The van der Waals surface area contributed by atoms with E-state index in [1.54, 1.807) is 0 Å². The SMILES string of the molecule is COc1c(Cl)cc(-c2cn[nH]c2N)cc1C(F)(F)F. The number of alkyl halides is 3. The van der Waals surface area contributed by atoms with Gasteiger partial charge in [0.05, 0.1) is 23.9 Å². The van der Waals surface area contributed by atoms with Crippen LogP contribution in [-0.2, 0) is 6.18 Å². The van der Waals surface area contributed by atoms with Gasteiger partial charge in [-0.1, -0.05) is 11.6 Å². The lowest BCUT2D eigenvalue weighted by Gasteiger charge is -2.15. The minimum atomic E-state index is -4.58. The Labute approximate surface area is 111 Å². The van der Waals surface area contributed by atoms with Crippen LogP contribution in [0.5, 0.6) is 5.75 Å². The summed E-state index contributed by atoms with van der Waals surface area (Å²) in [6, 6.07) is 2.27. The second-order valence-corrected chi connectivity index (χ2v) is 4.14. The molecule has 19 heavy (non-hydrogen) atoms. The molecule has 4 nitrogen and oxygen atoms in total. The molecule has 0 aliphatic rings. The number of hydrogen-bond acceptors (Lipinski definition) is 3. The van der Waals surface area contributed by atoms with Crippen LogP contribution in [0.3, 0.4) is 0 Å². The zero-order valence-electron chi connectivity index (χ0n) is 9.68. The Morgan fingerprint density at radius 2 is 2.05 bits per heavy atom. The van der Waals surface area contributed by atoms with Gasteiger partial charge in [0.25, 0.3) is 0 Å². The smallest absolute Gasteiger partial charge is 0.420 e. The first-order valence-corrected chi connectivity index (χ1v) is 5.46. The number of aromatic amines is 1. The number of nitrogen functional groups attached to an aromatic ring is 1. The number of hydrogen-bond donors (Lipinski definition) is 2. The van der Waals surface area contributed by atoms with Crippen LogP contribution in [-0.4, -0.2) is 17.3 Å². The van der Waals surface area contributed by atoms with Crippen molar-refractivity contribution in [2.24, 2.45) is 0 Å². The molecule has 0 bridgehead atoms. The fourth-order valence-electron chi connectivity index (χ4n) is 1.69. The lowest BCUT2D eigenvalue weighted by molar-refractivity contribution is -0.138. The molecule has 2 aromatic rings. The number of ether oxygens (including phenoxy) is 1. The number of H-pyrrole nitrogens is 1. The van der Waals surface area contributed by atoms with Crippen molar-refractivity contribution >= 4 is 17.4 Å². The van der Waals surface area contributed by atoms with Gasteiger partial charge >= 0.3 is 6.18 Å². The highest BCUT2D eigenvalue weighted by Crippen LogP contribution is 2.43.